The van der Waals surface area contributed by atoms with E-state index in [1.54, 1.807) is 7.11 Å². The maximum Gasteiger partial charge on any atom is 0.0474 e. The molecule has 0 aromatic heterocycles. The number of hydrogen-bond donors (Lipinski definition) is 1. The summed E-state index contributed by atoms with van der Waals surface area (Å²) in [5.74, 6) is 0. The second-order valence-electron chi connectivity index (χ2n) is 5.14. The highest BCUT2D eigenvalue weighted by Crippen LogP contribution is 2.25. The lowest BCUT2D eigenvalue weighted by molar-refractivity contribution is 0.163. The van der Waals surface area contributed by atoms with Gasteiger partial charge in [0.2, 0.25) is 0 Å². The molecule has 3 heteroatoms. The first-order chi connectivity index (χ1) is 7.72. The number of hydrogen-bond acceptors (Lipinski definition) is 3. The first kappa shape index (κ1) is 13.9. The average Bonchev–Trinajstić information content (AvgIpc) is 2.67. The lowest BCUT2D eigenvalue weighted by atomic mass is 9.91. The average molecular weight is 228 g/mol. The largest absolute Gasteiger partial charge is 0.385 e. The molecule has 0 amide bonds. The number of nitrogens with zero attached hydrogens (tertiary/aromatic N) is 1. The molecule has 96 valence electrons. The molecule has 3 nitrogen and oxygen atoms in total. The minimum absolute atomic E-state index is 0.399. The molecular weight excluding hydrogens is 200 g/mol. The second-order valence-corrected chi connectivity index (χ2v) is 5.14. The Morgan fingerprint density at radius 3 is 2.81 bits per heavy atom. The van der Waals surface area contributed by atoms with Crippen molar-refractivity contribution in [3.63, 3.8) is 0 Å². The molecule has 1 rings (SSSR count). The van der Waals surface area contributed by atoms with E-state index in [1.165, 1.54) is 38.8 Å². The van der Waals surface area contributed by atoms with Crippen molar-refractivity contribution in [1.82, 2.24) is 10.2 Å². The van der Waals surface area contributed by atoms with E-state index in [4.69, 9.17) is 4.74 Å². The van der Waals surface area contributed by atoms with Crippen LogP contribution in [0.3, 0.4) is 0 Å². The molecule has 1 aliphatic rings. The van der Waals surface area contributed by atoms with Crippen LogP contribution in [0.5, 0.6) is 0 Å². The first-order valence-electron chi connectivity index (χ1n) is 6.65. The zero-order valence-electron chi connectivity index (χ0n) is 11.2. The third-order valence-electron chi connectivity index (χ3n) is 3.52. The minimum Gasteiger partial charge on any atom is -0.385 e. The summed E-state index contributed by atoms with van der Waals surface area (Å²) in [6, 6.07) is 0. The van der Waals surface area contributed by atoms with E-state index in [0.717, 1.165) is 19.6 Å². The Morgan fingerprint density at radius 2 is 2.25 bits per heavy atom. The van der Waals surface area contributed by atoms with Crippen LogP contribution >= 0.6 is 0 Å². The number of rotatable bonds is 8. The highest BCUT2D eigenvalue weighted by Gasteiger charge is 2.33. The summed E-state index contributed by atoms with van der Waals surface area (Å²) in [6.45, 7) is 6.68. The van der Waals surface area contributed by atoms with Crippen molar-refractivity contribution >= 4 is 0 Å². The predicted molar refractivity (Wildman–Crippen MR) is 68.9 cm³/mol. The zero-order valence-corrected chi connectivity index (χ0v) is 11.2. The summed E-state index contributed by atoms with van der Waals surface area (Å²) >= 11 is 0. The molecule has 0 spiro atoms. The quantitative estimate of drug-likeness (QED) is 0.642. The Labute approximate surface area is 101 Å². The van der Waals surface area contributed by atoms with Crippen molar-refractivity contribution in [1.29, 1.82) is 0 Å². The van der Waals surface area contributed by atoms with Gasteiger partial charge in [0, 0.05) is 32.3 Å². The Balaban J connectivity index is 2.30. The van der Waals surface area contributed by atoms with Gasteiger partial charge in [-0.25, -0.2) is 0 Å². The van der Waals surface area contributed by atoms with Crippen LogP contribution in [0, 0.1) is 0 Å². The summed E-state index contributed by atoms with van der Waals surface area (Å²) in [5, 5.41) is 3.72. The van der Waals surface area contributed by atoms with Crippen molar-refractivity contribution in [3.05, 3.63) is 0 Å². The van der Waals surface area contributed by atoms with Gasteiger partial charge >= 0.3 is 0 Å². The molecule has 0 aromatic carbocycles. The maximum atomic E-state index is 5.09. The maximum absolute atomic E-state index is 5.09. The van der Waals surface area contributed by atoms with Crippen molar-refractivity contribution < 1.29 is 4.74 Å². The number of nitrogens with one attached hydrogen (secondary N) is 1. The first-order valence-corrected chi connectivity index (χ1v) is 6.65. The van der Waals surface area contributed by atoms with E-state index in [1.807, 2.05) is 0 Å². The minimum atomic E-state index is 0.399. The molecule has 1 atom stereocenters. The molecule has 1 fully saturated rings. The van der Waals surface area contributed by atoms with Crippen molar-refractivity contribution in [2.75, 3.05) is 40.4 Å². The molecule has 0 saturated carbocycles. The Kier molecular flexibility index (Phi) is 6.32. The SMILES string of the molecule is CCCC1(CN(C)CCCOC)CCCN1. The van der Waals surface area contributed by atoms with Crippen LogP contribution in [-0.4, -0.2) is 50.8 Å². The summed E-state index contributed by atoms with van der Waals surface area (Å²) in [6.07, 6.45) is 6.40. The number of ether oxygens (including phenoxy) is 1. The molecule has 1 N–H and O–H groups in total. The van der Waals surface area contributed by atoms with Crippen LogP contribution < -0.4 is 5.32 Å². The summed E-state index contributed by atoms with van der Waals surface area (Å²) in [4.78, 5) is 2.45. The molecule has 0 aromatic rings. The van der Waals surface area contributed by atoms with Gasteiger partial charge in [0.15, 0.2) is 0 Å². The van der Waals surface area contributed by atoms with E-state index in [2.05, 4.69) is 24.2 Å². The van der Waals surface area contributed by atoms with Gasteiger partial charge in [0.05, 0.1) is 0 Å². The van der Waals surface area contributed by atoms with Gasteiger partial charge in [-0.15, -0.1) is 0 Å². The van der Waals surface area contributed by atoms with Crippen LogP contribution in [0.1, 0.15) is 39.0 Å². The smallest absolute Gasteiger partial charge is 0.0474 e. The third kappa shape index (κ3) is 4.40. The Morgan fingerprint density at radius 1 is 1.44 bits per heavy atom. The lowest BCUT2D eigenvalue weighted by Crippen LogP contribution is -2.49. The fourth-order valence-electron chi connectivity index (χ4n) is 2.85. The molecule has 0 radical (unpaired) electrons. The van der Waals surface area contributed by atoms with Gasteiger partial charge in [-0.3, -0.25) is 0 Å². The zero-order chi connectivity index (χ0) is 11.9. The molecule has 1 saturated heterocycles. The van der Waals surface area contributed by atoms with Crippen molar-refractivity contribution in [2.45, 2.75) is 44.6 Å². The summed E-state index contributed by atoms with van der Waals surface area (Å²) in [7, 11) is 4.00. The highest BCUT2D eigenvalue weighted by molar-refractivity contribution is 4.94. The van der Waals surface area contributed by atoms with Gasteiger partial charge in [-0.1, -0.05) is 13.3 Å². The second kappa shape index (κ2) is 7.25. The van der Waals surface area contributed by atoms with Gasteiger partial charge in [-0.2, -0.15) is 0 Å². The normalized spacial score (nSPS) is 25.5. The van der Waals surface area contributed by atoms with Crippen LogP contribution in [0.2, 0.25) is 0 Å². The molecule has 1 heterocycles. The molecule has 0 bridgehead atoms. The summed E-state index contributed by atoms with van der Waals surface area (Å²) < 4.78 is 5.09. The van der Waals surface area contributed by atoms with Crippen molar-refractivity contribution in [2.24, 2.45) is 0 Å². The fraction of sp³-hybridized carbons (Fsp3) is 1.00. The Bertz CT molecular complexity index is 179. The van der Waals surface area contributed by atoms with Crippen LogP contribution in [0.25, 0.3) is 0 Å². The van der Waals surface area contributed by atoms with E-state index in [9.17, 15) is 0 Å². The monoisotopic (exact) mass is 228 g/mol. The Hall–Kier alpha value is -0.120. The van der Waals surface area contributed by atoms with E-state index >= 15 is 0 Å². The topological polar surface area (TPSA) is 24.5 Å². The highest BCUT2D eigenvalue weighted by atomic mass is 16.5. The van der Waals surface area contributed by atoms with Gasteiger partial charge in [0.25, 0.3) is 0 Å². The van der Waals surface area contributed by atoms with Gasteiger partial charge < -0.3 is 15.0 Å². The molecule has 1 unspecified atom stereocenters. The molecule has 1 aliphatic heterocycles. The summed E-state index contributed by atoms with van der Waals surface area (Å²) in [5.41, 5.74) is 0.399. The molecule has 0 aliphatic carbocycles. The van der Waals surface area contributed by atoms with Crippen LogP contribution in [-0.2, 0) is 4.74 Å². The van der Waals surface area contributed by atoms with Crippen LogP contribution in [0.15, 0.2) is 0 Å². The van der Waals surface area contributed by atoms with Gasteiger partial charge in [0.1, 0.15) is 0 Å². The fourth-order valence-corrected chi connectivity index (χ4v) is 2.85. The van der Waals surface area contributed by atoms with E-state index in [-0.39, 0.29) is 0 Å². The van der Waals surface area contributed by atoms with Crippen molar-refractivity contribution in [3.8, 4) is 0 Å². The number of methoxy groups -OCH3 is 1. The van der Waals surface area contributed by atoms with Crippen LogP contribution in [0.4, 0.5) is 0 Å². The standard InChI is InChI=1S/C13H28N2O/c1-4-7-13(8-5-9-14-13)12-15(2)10-6-11-16-3/h14H,4-12H2,1-3H3. The third-order valence-corrected chi connectivity index (χ3v) is 3.52. The van der Waals surface area contributed by atoms with Gasteiger partial charge in [-0.05, 0) is 39.3 Å². The van der Waals surface area contributed by atoms with E-state index < -0.39 is 0 Å². The van der Waals surface area contributed by atoms with E-state index in [0.29, 0.717) is 5.54 Å². The predicted octanol–water partition coefficient (Wildman–Crippen LogP) is 1.88. The number of likely N-dealkylation sites (N-methyl/N-ethyl adjacent to an activating group) is 1. The lowest BCUT2D eigenvalue weighted by Gasteiger charge is -2.34. The molecular formula is C13H28N2O. The molecule has 16 heavy (non-hydrogen) atoms.